The van der Waals surface area contributed by atoms with Gasteiger partial charge in [-0.1, -0.05) is 11.6 Å². The highest BCUT2D eigenvalue weighted by atomic mass is 35.5. The van der Waals surface area contributed by atoms with E-state index in [0.29, 0.717) is 16.3 Å². The van der Waals surface area contributed by atoms with Crippen molar-refractivity contribution in [1.82, 2.24) is 5.32 Å². The van der Waals surface area contributed by atoms with Crippen LogP contribution in [0, 0.1) is 0 Å². The molecule has 7 nitrogen and oxygen atoms in total. The van der Waals surface area contributed by atoms with Gasteiger partial charge in [0.25, 0.3) is 0 Å². The number of rotatable bonds is 3. The van der Waals surface area contributed by atoms with Crippen molar-refractivity contribution >= 4 is 35.3 Å². The number of carbonyl (C=O) groups is 3. The van der Waals surface area contributed by atoms with E-state index in [4.69, 9.17) is 16.3 Å². The molecule has 0 saturated carbocycles. The molecule has 2 amide bonds. The van der Waals surface area contributed by atoms with Crippen LogP contribution in [-0.2, 0) is 20.7 Å². The molecule has 1 aromatic carbocycles. The number of carboxylic acid groups (broad SMARTS) is 1. The van der Waals surface area contributed by atoms with Gasteiger partial charge in [0.2, 0.25) is 5.91 Å². The molecule has 0 fully saturated rings. The zero-order chi connectivity index (χ0) is 18.9. The van der Waals surface area contributed by atoms with Crippen molar-refractivity contribution in [2.24, 2.45) is 0 Å². The van der Waals surface area contributed by atoms with Crippen molar-refractivity contribution in [2.45, 2.75) is 51.8 Å². The van der Waals surface area contributed by atoms with Crippen molar-refractivity contribution in [3.63, 3.8) is 0 Å². The van der Waals surface area contributed by atoms with Crippen LogP contribution in [0.2, 0.25) is 5.02 Å². The van der Waals surface area contributed by atoms with Gasteiger partial charge in [-0.15, -0.1) is 0 Å². The van der Waals surface area contributed by atoms with Gasteiger partial charge in [0.1, 0.15) is 17.7 Å². The standard InChI is InChI=1S/C17H21ClN2O5/c1-9(19-16(24)25-17(2,3)4)14(21)20-12-6-5-11(18)7-10(12)8-13(20)15(22)23/h5-7,9,13H,8H2,1-4H3,(H,19,24)(H,22,23)/t9-,13+/m0/s1. The summed E-state index contributed by atoms with van der Waals surface area (Å²) in [7, 11) is 0. The predicted molar refractivity (Wildman–Crippen MR) is 92.9 cm³/mol. The molecule has 0 aliphatic carbocycles. The SMILES string of the molecule is C[C@H](NC(=O)OC(C)(C)C)C(=O)N1c2ccc(Cl)cc2C[C@@H]1C(=O)O. The number of amides is 2. The Morgan fingerprint density at radius 1 is 1.36 bits per heavy atom. The third-order valence-corrected chi connectivity index (χ3v) is 3.89. The van der Waals surface area contributed by atoms with Crippen LogP contribution < -0.4 is 10.2 Å². The molecule has 1 aromatic rings. The monoisotopic (exact) mass is 368 g/mol. The lowest BCUT2D eigenvalue weighted by Gasteiger charge is -2.27. The molecule has 1 heterocycles. The van der Waals surface area contributed by atoms with E-state index < -0.39 is 35.7 Å². The van der Waals surface area contributed by atoms with Crippen molar-refractivity contribution in [3.8, 4) is 0 Å². The lowest BCUT2D eigenvalue weighted by atomic mass is 10.1. The van der Waals surface area contributed by atoms with E-state index in [2.05, 4.69) is 5.32 Å². The number of aliphatic carboxylic acids is 1. The van der Waals surface area contributed by atoms with E-state index >= 15 is 0 Å². The summed E-state index contributed by atoms with van der Waals surface area (Å²) in [5.74, 6) is -1.65. The van der Waals surface area contributed by atoms with Crippen LogP contribution in [0.25, 0.3) is 0 Å². The van der Waals surface area contributed by atoms with Crippen LogP contribution in [0.1, 0.15) is 33.3 Å². The molecular weight excluding hydrogens is 348 g/mol. The Hall–Kier alpha value is -2.28. The Morgan fingerprint density at radius 3 is 2.56 bits per heavy atom. The molecule has 0 aromatic heterocycles. The lowest BCUT2D eigenvalue weighted by molar-refractivity contribution is -0.140. The first-order valence-corrected chi connectivity index (χ1v) is 8.21. The number of ether oxygens (including phenoxy) is 1. The second kappa shape index (κ2) is 6.92. The highest BCUT2D eigenvalue weighted by Crippen LogP contribution is 2.34. The van der Waals surface area contributed by atoms with E-state index in [-0.39, 0.29) is 6.42 Å². The minimum atomic E-state index is -1.12. The van der Waals surface area contributed by atoms with Gasteiger partial charge < -0.3 is 15.2 Å². The van der Waals surface area contributed by atoms with Crippen LogP contribution in [-0.4, -0.2) is 40.8 Å². The molecule has 136 valence electrons. The zero-order valence-electron chi connectivity index (χ0n) is 14.5. The summed E-state index contributed by atoms with van der Waals surface area (Å²) in [5, 5.41) is 12.4. The predicted octanol–water partition coefficient (Wildman–Crippen LogP) is 2.60. The third-order valence-electron chi connectivity index (χ3n) is 3.65. The average molecular weight is 369 g/mol. The van der Waals surface area contributed by atoms with Gasteiger partial charge in [0.15, 0.2) is 0 Å². The first-order valence-electron chi connectivity index (χ1n) is 7.83. The zero-order valence-corrected chi connectivity index (χ0v) is 15.3. The van der Waals surface area contributed by atoms with E-state index in [1.165, 1.54) is 11.8 Å². The molecule has 0 bridgehead atoms. The lowest BCUT2D eigenvalue weighted by Crippen LogP contribution is -2.52. The number of nitrogens with zero attached hydrogens (tertiary/aromatic N) is 1. The number of nitrogens with one attached hydrogen (secondary N) is 1. The molecule has 2 rings (SSSR count). The molecule has 1 aliphatic rings. The number of carbonyl (C=O) groups excluding carboxylic acids is 2. The third kappa shape index (κ3) is 4.42. The molecule has 0 unspecified atom stereocenters. The number of alkyl carbamates (subject to hydrolysis) is 1. The maximum Gasteiger partial charge on any atom is 0.408 e. The van der Waals surface area contributed by atoms with Crippen LogP contribution in [0.3, 0.4) is 0 Å². The van der Waals surface area contributed by atoms with Crippen LogP contribution in [0.15, 0.2) is 18.2 Å². The largest absolute Gasteiger partial charge is 0.480 e. The minimum absolute atomic E-state index is 0.163. The van der Waals surface area contributed by atoms with Gasteiger partial charge in [0.05, 0.1) is 0 Å². The molecule has 2 atom stereocenters. The fraction of sp³-hybridized carbons (Fsp3) is 0.471. The number of anilines is 1. The maximum atomic E-state index is 12.8. The van der Waals surface area contributed by atoms with E-state index in [1.807, 2.05) is 0 Å². The Labute approximate surface area is 150 Å². The molecule has 1 aliphatic heterocycles. The number of halogens is 1. The molecule has 25 heavy (non-hydrogen) atoms. The first-order chi connectivity index (χ1) is 11.5. The fourth-order valence-electron chi connectivity index (χ4n) is 2.64. The highest BCUT2D eigenvalue weighted by Gasteiger charge is 2.40. The van der Waals surface area contributed by atoms with E-state index in [1.54, 1.807) is 39.0 Å². The summed E-state index contributed by atoms with van der Waals surface area (Å²) >= 11 is 5.95. The number of hydrogen-bond donors (Lipinski definition) is 2. The minimum Gasteiger partial charge on any atom is -0.480 e. The van der Waals surface area contributed by atoms with Gasteiger partial charge in [-0.05, 0) is 51.5 Å². The Morgan fingerprint density at radius 2 is 2.00 bits per heavy atom. The number of hydrogen-bond acceptors (Lipinski definition) is 4. The number of benzene rings is 1. The van der Waals surface area contributed by atoms with Gasteiger partial charge >= 0.3 is 12.1 Å². The normalized spacial score (nSPS) is 17.6. The summed E-state index contributed by atoms with van der Waals surface area (Å²) in [6, 6.07) is 2.86. The second-order valence-electron chi connectivity index (χ2n) is 6.91. The molecular formula is C17H21ClN2O5. The van der Waals surface area contributed by atoms with Gasteiger partial charge in [0, 0.05) is 17.1 Å². The summed E-state index contributed by atoms with van der Waals surface area (Å²) in [4.78, 5) is 37.4. The van der Waals surface area contributed by atoms with E-state index in [9.17, 15) is 19.5 Å². The van der Waals surface area contributed by atoms with Crippen molar-refractivity contribution < 1.29 is 24.2 Å². The van der Waals surface area contributed by atoms with Gasteiger partial charge in [-0.2, -0.15) is 0 Å². The molecule has 0 spiro atoms. The topological polar surface area (TPSA) is 95.9 Å². The average Bonchev–Trinajstić information content (AvgIpc) is 2.82. The summed E-state index contributed by atoms with van der Waals surface area (Å²) < 4.78 is 5.13. The Kier molecular flexibility index (Phi) is 5.27. The van der Waals surface area contributed by atoms with E-state index in [0.717, 1.165) is 0 Å². The Balaban J connectivity index is 2.21. The van der Waals surface area contributed by atoms with Crippen LogP contribution in [0.4, 0.5) is 10.5 Å². The number of fused-ring (bicyclic) bond motifs is 1. The van der Waals surface area contributed by atoms with Crippen LogP contribution >= 0.6 is 11.6 Å². The number of carboxylic acids is 1. The van der Waals surface area contributed by atoms with Gasteiger partial charge in [-0.25, -0.2) is 9.59 Å². The second-order valence-corrected chi connectivity index (χ2v) is 7.34. The van der Waals surface area contributed by atoms with Crippen LogP contribution in [0.5, 0.6) is 0 Å². The maximum absolute atomic E-state index is 12.8. The summed E-state index contributed by atoms with van der Waals surface area (Å²) in [5.41, 5.74) is 0.463. The quantitative estimate of drug-likeness (QED) is 0.854. The Bertz CT molecular complexity index is 713. The van der Waals surface area contributed by atoms with Crippen molar-refractivity contribution in [1.29, 1.82) is 0 Å². The first kappa shape index (κ1) is 19.1. The molecule has 2 N–H and O–H groups in total. The molecule has 8 heteroatoms. The van der Waals surface area contributed by atoms with Crippen molar-refractivity contribution in [3.05, 3.63) is 28.8 Å². The molecule has 0 saturated heterocycles. The molecule has 0 radical (unpaired) electrons. The smallest absolute Gasteiger partial charge is 0.408 e. The summed E-state index contributed by atoms with van der Waals surface area (Å²) in [6.07, 6.45) is -0.577. The van der Waals surface area contributed by atoms with Crippen molar-refractivity contribution in [2.75, 3.05) is 4.90 Å². The highest BCUT2D eigenvalue weighted by molar-refractivity contribution is 6.30. The summed E-state index contributed by atoms with van der Waals surface area (Å²) in [6.45, 7) is 6.61. The fourth-order valence-corrected chi connectivity index (χ4v) is 2.84. The van der Waals surface area contributed by atoms with Gasteiger partial charge in [-0.3, -0.25) is 9.69 Å².